The summed E-state index contributed by atoms with van der Waals surface area (Å²) in [7, 11) is 0. The molecule has 2 aliphatic rings. The van der Waals surface area contributed by atoms with E-state index in [9.17, 15) is 0 Å². The van der Waals surface area contributed by atoms with Crippen molar-refractivity contribution in [2.24, 2.45) is 0 Å². The quantitative estimate of drug-likeness (QED) is 0.719. The van der Waals surface area contributed by atoms with E-state index in [0.29, 0.717) is 12.1 Å². The van der Waals surface area contributed by atoms with Gasteiger partial charge in [0.15, 0.2) is 0 Å². The van der Waals surface area contributed by atoms with Crippen molar-refractivity contribution in [3.05, 3.63) is 29.3 Å². The van der Waals surface area contributed by atoms with E-state index in [1.54, 1.807) is 0 Å². The van der Waals surface area contributed by atoms with E-state index < -0.39 is 0 Å². The molecule has 3 rings (SSSR count). The predicted molar refractivity (Wildman–Crippen MR) is 101 cm³/mol. The maximum atomic E-state index is 6.17. The molecule has 1 saturated heterocycles. The Kier molecular flexibility index (Phi) is 6.56. The van der Waals surface area contributed by atoms with Crippen LogP contribution in [0.2, 0.25) is 0 Å². The van der Waals surface area contributed by atoms with Crippen LogP contribution in [0.3, 0.4) is 0 Å². The van der Waals surface area contributed by atoms with Crippen molar-refractivity contribution in [3.8, 4) is 5.75 Å². The number of nitrogens with zero attached hydrogens (tertiary/aromatic N) is 1. The predicted octanol–water partition coefficient (Wildman–Crippen LogP) is 4.32. The Morgan fingerprint density at radius 2 is 2.08 bits per heavy atom. The standard InChI is InChI=1S/C21H34N2O/c1-3-22-17(2)9-8-16-24-21-11-7-10-18-19(21)12-13-20(18)23-14-5-4-6-15-23/h7,10-11,17,20,22H,3-6,8-9,12-16H2,1-2H3. The molecule has 1 fully saturated rings. The maximum absolute atomic E-state index is 6.17. The van der Waals surface area contributed by atoms with Crippen LogP contribution < -0.4 is 10.1 Å². The lowest BCUT2D eigenvalue weighted by atomic mass is 10.0. The molecular weight excluding hydrogens is 296 g/mol. The molecule has 0 amide bonds. The molecule has 1 aromatic rings. The Labute approximate surface area is 147 Å². The number of rotatable bonds is 8. The van der Waals surface area contributed by atoms with Crippen LogP contribution in [-0.2, 0) is 6.42 Å². The third kappa shape index (κ3) is 4.31. The third-order valence-corrected chi connectivity index (χ3v) is 5.62. The van der Waals surface area contributed by atoms with Crippen LogP contribution in [0, 0.1) is 0 Å². The van der Waals surface area contributed by atoms with Gasteiger partial charge in [0.1, 0.15) is 5.75 Å². The molecule has 0 spiro atoms. The van der Waals surface area contributed by atoms with Gasteiger partial charge in [-0.15, -0.1) is 0 Å². The van der Waals surface area contributed by atoms with Gasteiger partial charge >= 0.3 is 0 Å². The van der Waals surface area contributed by atoms with Crippen molar-refractivity contribution < 1.29 is 4.74 Å². The summed E-state index contributed by atoms with van der Waals surface area (Å²) in [5, 5.41) is 3.47. The van der Waals surface area contributed by atoms with Crippen molar-refractivity contribution in [1.82, 2.24) is 10.2 Å². The molecule has 1 heterocycles. The number of nitrogens with one attached hydrogen (secondary N) is 1. The number of piperidine rings is 1. The second-order valence-corrected chi connectivity index (χ2v) is 7.42. The molecule has 0 radical (unpaired) electrons. The van der Waals surface area contributed by atoms with Crippen molar-refractivity contribution >= 4 is 0 Å². The Morgan fingerprint density at radius 1 is 1.25 bits per heavy atom. The first-order chi connectivity index (χ1) is 11.8. The van der Waals surface area contributed by atoms with E-state index in [-0.39, 0.29) is 0 Å². The van der Waals surface area contributed by atoms with Gasteiger partial charge in [-0.2, -0.15) is 0 Å². The molecule has 3 heteroatoms. The first kappa shape index (κ1) is 17.8. The largest absolute Gasteiger partial charge is 0.493 e. The molecular formula is C21H34N2O. The van der Waals surface area contributed by atoms with E-state index in [0.717, 1.165) is 25.3 Å². The second kappa shape index (κ2) is 8.87. The summed E-state index contributed by atoms with van der Waals surface area (Å²) >= 11 is 0. The highest BCUT2D eigenvalue weighted by Gasteiger charge is 2.30. The molecule has 2 unspecified atom stereocenters. The highest BCUT2D eigenvalue weighted by atomic mass is 16.5. The van der Waals surface area contributed by atoms with Gasteiger partial charge in [0.25, 0.3) is 0 Å². The minimum absolute atomic E-state index is 0.587. The normalized spacial score (nSPS) is 22.3. The topological polar surface area (TPSA) is 24.5 Å². The number of hydrogen-bond acceptors (Lipinski definition) is 3. The molecule has 0 aromatic heterocycles. The molecule has 3 nitrogen and oxygen atoms in total. The van der Waals surface area contributed by atoms with Gasteiger partial charge in [-0.3, -0.25) is 4.90 Å². The van der Waals surface area contributed by atoms with Crippen LogP contribution in [0.25, 0.3) is 0 Å². The smallest absolute Gasteiger partial charge is 0.122 e. The Bertz CT molecular complexity index is 511. The van der Waals surface area contributed by atoms with Crippen LogP contribution in [0.5, 0.6) is 5.75 Å². The van der Waals surface area contributed by atoms with Crippen molar-refractivity contribution in [3.63, 3.8) is 0 Å². The lowest BCUT2D eigenvalue weighted by Crippen LogP contribution is -2.32. The molecule has 0 saturated carbocycles. The minimum atomic E-state index is 0.587. The van der Waals surface area contributed by atoms with Crippen molar-refractivity contribution in [2.45, 2.75) is 70.9 Å². The van der Waals surface area contributed by atoms with Gasteiger partial charge in [-0.1, -0.05) is 25.5 Å². The monoisotopic (exact) mass is 330 g/mol. The summed E-state index contributed by atoms with van der Waals surface area (Å²) in [5.74, 6) is 1.14. The van der Waals surface area contributed by atoms with E-state index >= 15 is 0 Å². The van der Waals surface area contributed by atoms with Gasteiger partial charge in [-0.25, -0.2) is 0 Å². The Hall–Kier alpha value is -1.06. The van der Waals surface area contributed by atoms with Crippen LogP contribution in [0.15, 0.2) is 18.2 Å². The highest BCUT2D eigenvalue weighted by molar-refractivity contribution is 5.45. The van der Waals surface area contributed by atoms with E-state index in [4.69, 9.17) is 4.74 Å². The molecule has 0 bridgehead atoms. The first-order valence-corrected chi connectivity index (χ1v) is 10.0. The molecule has 1 N–H and O–H groups in total. The summed E-state index contributed by atoms with van der Waals surface area (Å²) in [4.78, 5) is 2.71. The summed E-state index contributed by atoms with van der Waals surface area (Å²) in [6.07, 6.45) is 8.89. The van der Waals surface area contributed by atoms with E-state index in [2.05, 4.69) is 42.3 Å². The zero-order chi connectivity index (χ0) is 16.8. The first-order valence-electron chi connectivity index (χ1n) is 10.0. The average Bonchev–Trinajstić information content (AvgIpc) is 3.04. The summed E-state index contributed by atoms with van der Waals surface area (Å²) in [6, 6.07) is 7.92. The summed E-state index contributed by atoms with van der Waals surface area (Å²) in [5.41, 5.74) is 3.02. The number of benzene rings is 1. The van der Waals surface area contributed by atoms with Gasteiger partial charge in [0, 0.05) is 12.1 Å². The zero-order valence-electron chi connectivity index (χ0n) is 15.5. The number of fused-ring (bicyclic) bond motifs is 1. The molecule has 1 aromatic carbocycles. The Balaban J connectivity index is 1.55. The van der Waals surface area contributed by atoms with Crippen molar-refractivity contribution in [2.75, 3.05) is 26.2 Å². The highest BCUT2D eigenvalue weighted by Crippen LogP contribution is 2.41. The van der Waals surface area contributed by atoms with Crippen LogP contribution >= 0.6 is 0 Å². The van der Waals surface area contributed by atoms with E-state index in [1.165, 1.54) is 62.7 Å². The summed E-state index contributed by atoms with van der Waals surface area (Å²) < 4.78 is 6.17. The maximum Gasteiger partial charge on any atom is 0.122 e. The second-order valence-electron chi connectivity index (χ2n) is 7.42. The van der Waals surface area contributed by atoms with Gasteiger partial charge in [0.2, 0.25) is 0 Å². The van der Waals surface area contributed by atoms with Crippen molar-refractivity contribution in [1.29, 1.82) is 0 Å². The number of ether oxygens (including phenoxy) is 1. The lowest BCUT2D eigenvalue weighted by Gasteiger charge is -2.32. The van der Waals surface area contributed by atoms with Gasteiger partial charge in [0.05, 0.1) is 6.61 Å². The fraction of sp³-hybridized carbons (Fsp3) is 0.714. The van der Waals surface area contributed by atoms with Crippen LogP contribution in [0.4, 0.5) is 0 Å². The molecule has 134 valence electrons. The minimum Gasteiger partial charge on any atom is -0.493 e. The number of likely N-dealkylation sites (tertiary alicyclic amines) is 1. The van der Waals surface area contributed by atoms with Crippen LogP contribution in [-0.4, -0.2) is 37.2 Å². The fourth-order valence-electron chi connectivity index (χ4n) is 4.37. The third-order valence-electron chi connectivity index (χ3n) is 5.62. The SMILES string of the molecule is CCNC(C)CCCOc1cccc2c1CCC2N1CCCCC1. The summed E-state index contributed by atoms with van der Waals surface area (Å²) in [6.45, 7) is 8.85. The number of hydrogen-bond donors (Lipinski definition) is 1. The van der Waals surface area contributed by atoms with Crippen LogP contribution in [0.1, 0.15) is 69.5 Å². The van der Waals surface area contributed by atoms with Gasteiger partial charge in [-0.05, 0) is 82.3 Å². The fourth-order valence-corrected chi connectivity index (χ4v) is 4.37. The molecule has 24 heavy (non-hydrogen) atoms. The molecule has 1 aliphatic carbocycles. The zero-order valence-corrected chi connectivity index (χ0v) is 15.5. The molecule has 2 atom stereocenters. The van der Waals surface area contributed by atoms with E-state index in [1.807, 2.05) is 0 Å². The average molecular weight is 331 g/mol. The van der Waals surface area contributed by atoms with Gasteiger partial charge < -0.3 is 10.1 Å². The molecule has 1 aliphatic heterocycles. The lowest BCUT2D eigenvalue weighted by molar-refractivity contribution is 0.163. The Morgan fingerprint density at radius 3 is 2.88 bits per heavy atom.